The van der Waals surface area contributed by atoms with Crippen molar-refractivity contribution in [1.29, 1.82) is 0 Å². The summed E-state index contributed by atoms with van der Waals surface area (Å²) in [6.07, 6.45) is 21.5. The van der Waals surface area contributed by atoms with Gasteiger partial charge in [0.1, 0.15) is 0 Å². The molecule has 0 aliphatic heterocycles. The number of allylic oxidation sites excluding steroid dienone is 5. The molecule has 0 heterocycles. The second kappa shape index (κ2) is 9.15. The Labute approximate surface area is 169 Å². The lowest BCUT2D eigenvalue weighted by Gasteiger charge is -2.44. The normalized spacial score (nSPS) is 35.8. The highest BCUT2D eigenvalue weighted by Crippen LogP contribution is 2.59. The Kier molecular flexibility index (Phi) is 7.09. The van der Waals surface area contributed by atoms with E-state index in [1.807, 2.05) is 0 Å². The van der Waals surface area contributed by atoms with Crippen LogP contribution >= 0.6 is 0 Å². The van der Waals surface area contributed by atoms with Crippen molar-refractivity contribution in [2.75, 3.05) is 0 Å². The van der Waals surface area contributed by atoms with Crippen molar-refractivity contribution in [1.82, 2.24) is 0 Å². The van der Waals surface area contributed by atoms with Gasteiger partial charge in [0, 0.05) is 0 Å². The molecule has 0 N–H and O–H groups in total. The van der Waals surface area contributed by atoms with Crippen LogP contribution in [0.4, 0.5) is 0 Å². The average molecular weight is 369 g/mol. The third-order valence-electron chi connectivity index (χ3n) is 8.29. The van der Waals surface area contributed by atoms with Crippen molar-refractivity contribution < 1.29 is 0 Å². The van der Waals surface area contributed by atoms with Gasteiger partial charge in [-0.15, -0.1) is 0 Å². The monoisotopic (exact) mass is 368 g/mol. The zero-order valence-corrected chi connectivity index (χ0v) is 18.7. The van der Waals surface area contributed by atoms with Gasteiger partial charge < -0.3 is 0 Å². The fraction of sp³-hybridized carbons (Fsp3) is 0.778. The molecule has 27 heavy (non-hydrogen) atoms. The van der Waals surface area contributed by atoms with Crippen LogP contribution in [0.5, 0.6) is 0 Å². The predicted octanol–water partition coefficient (Wildman–Crippen LogP) is 8.65. The van der Waals surface area contributed by atoms with E-state index in [1.165, 1.54) is 88.2 Å². The molecule has 4 atom stereocenters. The van der Waals surface area contributed by atoms with E-state index in [1.54, 1.807) is 5.57 Å². The van der Waals surface area contributed by atoms with Crippen LogP contribution in [-0.2, 0) is 0 Å². The molecular weight excluding hydrogens is 324 g/mol. The van der Waals surface area contributed by atoms with Gasteiger partial charge in [-0.25, -0.2) is 0 Å². The van der Waals surface area contributed by atoms with E-state index in [4.69, 9.17) is 0 Å². The van der Waals surface area contributed by atoms with Crippen LogP contribution in [0.15, 0.2) is 35.5 Å². The third-order valence-corrected chi connectivity index (χ3v) is 8.29. The van der Waals surface area contributed by atoms with Crippen LogP contribution < -0.4 is 0 Å². The Hall–Kier alpha value is -0.780. The first kappa shape index (κ1) is 20.9. The van der Waals surface area contributed by atoms with Gasteiger partial charge in [0.2, 0.25) is 0 Å². The highest BCUT2D eigenvalue weighted by atomic mass is 14.5. The lowest BCUT2D eigenvalue weighted by Crippen LogP contribution is -2.36. The van der Waals surface area contributed by atoms with E-state index in [0.29, 0.717) is 5.41 Å². The summed E-state index contributed by atoms with van der Waals surface area (Å²) in [7, 11) is 0. The highest BCUT2D eigenvalue weighted by Gasteiger charge is 2.50. The molecule has 3 rings (SSSR count). The maximum absolute atomic E-state index is 4.32. The molecule has 0 saturated heterocycles. The molecule has 3 aliphatic rings. The Bertz CT molecular complexity index is 575. The summed E-state index contributed by atoms with van der Waals surface area (Å²) in [5.41, 5.74) is 5.27. The molecule has 4 unspecified atom stereocenters. The fourth-order valence-corrected chi connectivity index (χ4v) is 6.66. The maximum Gasteiger partial charge on any atom is -0.0143 e. The number of hydrogen-bond acceptors (Lipinski definition) is 0. The summed E-state index contributed by atoms with van der Waals surface area (Å²) in [6, 6.07) is 0. The summed E-state index contributed by atoms with van der Waals surface area (Å²) < 4.78 is 0. The first-order chi connectivity index (χ1) is 12.9. The molecule has 0 nitrogen and oxygen atoms in total. The number of fused-ring (bicyclic) bond motifs is 1. The minimum Gasteiger partial charge on any atom is -0.0956 e. The topological polar surface area (TPSA) is 0 Å². The first-order valence-corrected chi connectivity index (χ1v) is 12.0. The summed E-state index contributed by atoms with van der Waals surface area (Å²) in [4.78, 5) is 0. The predicted molar refractivity (Wildman–Crippen MR) is 120 cm³/mol. The van der Waals surface area contributed by atoms with E-state index in [9.17, 15) is 0 Å². The van der Waals surface area contributed by atoms with E-state index in [-0.39, 0.29) is 0 Å². The van der Waals surface area contributed by atoms with Gasteiger partial charge in [0.05, 0.1) is 0 Å². The zero-order chi connectivity index (χ0) is 19.4. The van der Waals surface area contributed by atoms with Crippen molar-refractivity contribution in [3.8, 4) is 0 Å². The zero-order valence-electron chi connectivity index (χ0n) is 18.7. The molecule has 3 saturated carbocycles. The molecule has 0 aromatic carbocycles. The summed E-state index contributed by atoms with van der Waals surface area (Å²) in [6.45, 7) is 14.3. The quantitative estimate of drug-likeness (QED) is 0.440. The van der Waals surface area contributed by atoms with E-state index >= 15 is 0 Å². The minimum atomic E-state index is 0.559. The summed E-state index contributed by atoms with van der Waals surface area (Å²) in [5, 5.41) is 0. The Balaban J connectivity index is 1.69. The Morgan fingerprint density at radius 2 is 1.78 bits per heavy atom. The molecule has 0 bridgehead atoms. The van der Waals surface area contributed by atoms with Gasteiger partial charge in [-0.1, -0.05) is 76.8 Å². The van der Waals surface area contributed by atoms with Crippen molar-refractivity contribution in [2.45, 2.75) is 105 Å². The van der Waals surface area contributed by atoms with Crippen LogP contribution in [0.2, 0.25) is 0 Å². The maximum atomic E-state index is 4.32. The molecule has 3 fully saturated rings. The highest BCUT2D eigenvalue weighted by molar-refractivity contribution is 5.35. The summed E-state index contributed by atoms with van der Waals surface area (Å²) in [5.74, 6) is 3.54. The minimum absolute atomic E-state index is 0.559. The molecule has 3 aliphatic carbocycles. The summed E-state index contributed by atoms with van der Waals surface area (Å²) >= 11 is 0. The second-order valence-corrected chi connectivity index (χ2v) is 10.6. The van der Waals surface area contributed by atoms with Gasteiger partial charge in [-0.3, -0.25) is 0 Å². The molecule has 0 heteroatoms. The van der Waals surface area contributed by atoms with Crippen molar-refractivity contribution in [2.24, 2.45) is 29.1 Å². The van der Waals surface area contributed by atoms with Gasteiger partial charge in [0.15, 0.2) is 0 Å². The Morgan fingerprint density at radius 3 is 2.52 bits per heavy atom. The van der Waals surface area contributed by atoms with Crippen molar-refractivity contribution in [3.63, 3.8) is 0 Å². The van der Waals surface area contributed by atoms with Gasteiger partial charge in [-0.05, 0) is 92.4 Å². The van der Waals surface area contributed by atoms with E-state index in [0.717, 1.165) is 23.7 Å². The molecule has 0 radical (unpaired) electrons. The molecule has 0 spiro atoms. The van der Waals surface area contributed by atoms with Gasteiger partial charge >= 0.3 is 0 Å². The first-order valence-electron chi connectivity index (χ1n) is 12.0. The molecular formula is C27H44. The molecule has 0 aromatic rings. The van der Waals surface area contributed by atoms with Gasteiger partial charge in [-0.2, -0.15) is 0 Å². The molecule has 0 aromatic heterocycles. The average Bonchev–Trinajstić information content (AvgIpc) is 2.98. The smallest absolute Gasteiger partial charge is 0.0143 e. The molecule has 0 amide bonds. The Morgan fingerprint density at radius 1 is 1.00 bits per heavy atom. The number of rotatable bonds is 6. The standard InChI is InChI=1S/C27H44/c1-20(2)10-8-12-22(4)25-17-18-26-24(14-9-19-27(25,26)5)16-15-23-13-7-6-11-21(23)3/h15-16,20,22,25-26H,3,6-14,17-19H2,1-2,4-5H3/b23-15-,24-16+. The van der Waals surface area contributed by atoms with E-state index < -0.39 is 0 Å². The van der Waals surface area contributed by atoms with Crippen LogP contribution in [0.1, 0.15) is 105 Å². The lowest BCUT2D eigenvalue weighted by molar-refractivity contribution is 0.0929. The largest absolute Gasteiger partial charge is 0.0956 e. The number of hydrogen-bond donors (Lipinski definition) is 0. The third kappa shape index (κ3) is 4.80. The van der Waals surface area contributed by atoms with Crippen LogP contribution in [0.25, 0.3) is 0 Å². The lowest BCUT2D eigenvalue weighted by atomic mass is 9.60. The molecule has 152 valence electrons. The van der Waals surface area contributed by atoms with Crippen LogP contribution in [-0.4, -0.2) is 0 Å². The van der Waals surface area contributed by atoms with E-state index in [2.05, 4.69) is 46.4 Å². The second-order valence-electron chi connectivity index (χ2n) is 10.6. The SMILES string of the molecule is C=C1CCCC/C1=C/C=C1\CCCC2(C)C1CCC2C(C)CCCC(C)C. The van der Waals surface area contributed by atoms with Crippen molar-refractivity contribution in [3.05, 3.63) is 35.5 Å². The fourth-order valence-electron chi connectivity index (χ4n) is 6.66. The van der Waals surface area contributed by atoms with Crippen LogP contribution in [0, 0.1) is 29.1 Å². The van der Waals surface area contributed by atoms with Crippen LogP contribution in [0.3, 0.4) is 0 Å². The van der Waals surface area contributed by atoms with Crippen molar-refractivity contribution >= 4 is 0 Å². The van der Waals surface area contributed by atoms with Gasteiger partial charge in [0.25, 0.3) is 0 Å².